The van der Waals surface area contributed by atoms with Gasteiger partial charge in [0.25, 0.3) is 0 Å². The highest BCUT2D eigenvalue weighted by atomic mass is 35.5. The lowest BCUT2D eigenvalue weighted by Crippen LogP contribution is -2.47. The summed E-state index contributed by atoms with van der Waals surface area (Å²) in [7, 11) is 0. The smallest absolute Gasteiger partial charge is 0.242 e. The van der Waals surface area contributed by atoms with Gasteiger partial charge in [-0.1, -0.05) is 54.4 Å². The SMILES string of the molecule is CCCNC(=O)[C@@H](C)N(Cc1c(Cl)cccc1Cl)C(=O)CCSc1ccccc1. The van der Waals surface area contributed by atoms with Gasteiger partial charge in [0.05, 0.1) is 0 Å². The summed E-state index contributed by atoms with van der Waals surface area (Å²) in [4.78, 5) is 28.2. The molecule has 0 aliphatic rings. The largest absolute Gasteiger partial charge is 0.354 e. The Hall–Kier alpha value is -1.69. The lowest BCUT2D eigenvalue weighted by Gasteiger charge is -2.29. The maximum absolute atomic E-state index is 13.0. The molecule has 0 unspecified atom stereocenters. The topological polar surface area (TPSA) is 49.4 Å². The molecular weight excluding hydrogens is 427 g/mol. The maximum atomic E-state index is 13.0. The molecule has 0 fully saturated rings. The fourth-order valence-electron chi connectivity index (χ4n) is 2.75. The van der Waals surface area contributed by atoms with Crippen LogP contribution in [-0.2, 0) is 16.1 Å². The second-order valence-electron chi connectivity index (χ2n) is 6.60. The molecule has 0 aliphatic heterocycles. The van der Waals surface area contributed by atoms with Crippen molar-refractivity contribution in [3.05, 3.63) is 64.1 Å². The van der Waals surface area contributed by atoms with E-state index < -0.39 is 6.04 Å². The Morgan fingerprint density at radius 2 is 1.72 bits per heavy atom. The minimum Gasteiger partial charge on any atom is -0.354 e. The van der Waals surface area contributed by atoms with E-state index >= 15 is 0 Å². The molecule has 0 saturated heterocycles. The zero-order chi connectivity index (χ0) is 21.2. The third-order valence-corrected chi connectivity index (χ3v) is 6.16. The van der Waals surface area contributed by atoms with E-state index in [4.69, 9.17) is 23.2 Å². The summed E-state index contributed by atoms with van der Waals surface area (Å²) >= 11 is 14.2. The van der Waals surface area contributed by atoms with Crippen LogP contribution in [0, 0.1) is 0 Å². The average molecular weight is 453 g/mol. The molecule has 2 amide bonds. The molecular formula is C22H26Cl2N2O2S. The lowest BCUT2D eigenvalue weighted by atomic mass is 10.1. The Morgan fingerprint density at radius 3 is 2.34 bits per heavy atom. The fourth-order valence-corrected chi connectivity index (χ4v) is 4.13. The van der Waals surface area contributed by atoms with Gasteiger partial charge in [0.2, 0.25) is 11.8 Å². The number of hydrogen-bond donors (Lipinski definition) is 1. The predicted octanol–water partition coefficient (Wildman–Crippen LogP) is 5.42. The zero-order valence-corrected chi connectivity index (χ0v) is 19.0. The number of nitrogens with zero attached hydrogens (tertiary/aromatic N) is 1. The van der Waals surface area contributed by atoms with Crippen LogP contribution < -0.4 is 5.32 Å². The molecule has 2 aromatic rings. The number of halogens is 2. The van der Waals surface area contributed by atoms with Crippen LogP contribution in [0.4, 0.5) is 0 Å². The summed E-state index contributed by atoms with van der Waals surface area (Å²) in [6, 6.07) is 14.5. The van der Waals surface area contributed by atoms with Gasteiger partial charge in [-0.25, -0.2) is 0 Å². The van der Waals surface area contributed by atoms with E-state index in [1.54, 1.807) is 41.8 Å². The molecule has 2 aromatic carbocycles. The Bertz CT molecular complexity index is 797. The third kappa shape index (κ3) is 7.25. The highest BCUT2D eigenvalue weighted by Gasteiger charge is 2.27. The monoisotopic (exact) mass is 452 g/mol. The van der Waals surface area contributed by atoms with Gasteiger partial charge < -0.3 is 10.2 Å². The van der Waals surface area contributed by atoms with Gasteiger partial charge >= 0.3 is 0 Å². The van der Waals surface area contributed by atoms with Crippen molar-refractivity contribution in [2.24, 2.45) is 0 Å². The minimum absolute atomic E-state index is 0.108. The average Bonchev–Trinajstić information content (AvgIpc) is 2.72. The number of carbonyl (C=O) groups excluding carboxylic acids is 2. The van der Waals surface area contributed by atoms with Gasteiger partial charge in [0.1, 0.15) is 6.04 Å². The Labute approximate surface area is 187 Å². The first kappa shape index (κ1) is 23.6. The quantitative estimate of drug-likeness (QED) is 0.489. The third-order valence-electron chi connectivity index (χ3n) is 4.43. The van der Waals surface area contributed by atoms with E-state index in [2.05, 4.69) is 5.32 Å². The number of thioether (sulfide) groups is 1. The molecule has 1 N–H and O–H groups in total. The van der Waals surface area contributed by atoms with E-state index in [0.29, 0.717) is 34.3 Å². The van der Waals surface area contributed by atoms with Gasteiger partial charge in [0, 0.05) is 45.8 Å². The normalized spacial score (nSPS) is 11.7. The molecule has 0 aliphatic carbocycles. The van der Waals surface area contributed by atoms with Crippen molar-refractivity contribution in [3.63, 3.8) is 0 Å². The first-order chi connectivity index (χ1) is 13.9. The van der Waals surface area contributed by atoms with E-state index in [0.717, 1.165) is 11.3 Å². The van der Waals surface area contributed by atoms with Crippen molar-refractivity contribution in [2.75, 3.05) is 12.3 Å². The Kier molecular flexibility index (Phi) is 9.85. The maximum Gasteiger partial charge on any atom is 0.242 e. The molecule has 0 bridgehead atoms. The van der Waals surface area contributed by atoms with Crippen LogP contribution in [0.5, 0.6) is 0 Å². The van der Waals surface area contributed by atoms with Crippen LogP contribution in [0.1, 0.15) is 32.3 Å². The van der Waals surface area contributed by atoms with Crippen LogP contribution in [0.25, 0.3) is 0 Å². The van der Waals surface area contributed by atoms with E-state index in [1.807, 2.05) is 37.3 Å². The van der Waals surface area contributed by atoms with E-state index in [-0.39, 0.29) is 18.4 Å². The minimum atomic E-state index is -0.622. The van der Waals surface area contributed by atoms with Gasteiger partial charge in [-0.3, -0.25) is 9.59 Å². The molecule has 0 radical (unpaired) electrons. The number of amides is 2. The van der Waals surface area contributed by atoms with E-state index in [1.165, 1.54) is 0 Å². The standard InChI is InChI=1S/C22H26Cl2N2O2S/c1-3-13-25-22(28)16(2)26(15-18-19(23)10-7-11-20(18)24)21(27)12-14-29-17-8-5-4-6-9-17/h4-11,16H,3,12-15H2,1-2H3,(H,25,28)/t16-/m1/s1. The summed E-state index contributed by atoms with van der Waals surface area (Å²) < 4.78 is 0. The molecule has 0 spiro atoms. The van der Waals surface area contributed by atoms with Gasteiger partial charge in [-0.2, -0.15) is 0 Å². The second-order valence-corrected chi connectivity index (χ2v) is 8.58. The number of nitrogens with one attached hydrogen (secondary N) is 1. The number of hydrogen-bond acceptors (Lipinski definition) is 3. The van der Waals surface area contributed by atoms with E-state index in [9.17, 15) is 9.59 Å². The molecule has 29 heavy (non-hydrogen) atoms. The molecule has 1 atom stereocenters. The summed E-state index contributed by atoms with van der Waals surface area (Å²) in [6.07, 6.45) is 1.14. The molecule has 156 valence electrons. The molecule has 2 rings (SSSR count). The Morgan fingerprint density at radius 1 is 1.07 bits per heavy atom. The highest BCUT2D eigenvalue weighted by molar-refractivity contribution is 7.99. The summed E-state index contributed by atoms with van der Waals surface area (Å²) in [5.41, 5.74) is 0.648. The first-order valence-corrected chi connectivity index (χ1v) is 11.4. The van der Waals surface area contributed by atoms with Crippen molar-refractivity contribution >= 4 is 46.8 Å². The number of rotatable bonds is 10. The lowest BCUT2D eigenvalue weighted by molar-refractivity contribution is -0.140. The molecule has 0 aromatic heterocycles. The van der Waals surface area contributed by atoms with Gasteiger partial charge in [-0.05, 0) is 37.6 Å². The summed E-state index contributed by atoms with van der Waals surface area (Å²) in [6.45, 7) is 4.48. The van der Waals surface area contributed by atoms with Gasteiger partial charge in [-0.15, -0.1) is 11.8 Å². The van der Waals surface area contributed by atoms with Crippen molar-refractivity contribution in [1.29, 1.82) is 0 Å². The number of benzene rings is 2. The van der Waals surface area contributed by atoms with Crippen LogP contribution in [0.3, 0.4) is 0 Å². The summed E-state index contributed by atoms with van der Waals surface area (Å²) in [5.74, 6) is 0.335. The van der Waals surface area contributed by atoms with Crippen molar-refractivity contribution in [3.8, 4) is 0 Å². The zero-order valence-electron chi connectivity index (χ0n) is 16.7. The molecule has 0 saturated carbocycles. The summed E-state index contributed by atoms with van der Waals surface area (Å²) in [5, 5.41) is 3.82. The van der Waals surface area contributed by atoms with Crippen LogP contribution in [0.15, 0.2) is 53.4 Å². The molecule has 4 nitrogen and oxygen atoms in total. The van der Waals surface area contributed by atoms with Crippen LogP contribution in [0.2, 0.25) is 10.0 Å². The first-order valence-electron chi connectivity index (χ1n) is 9.62. The Balaban J connectivity index is 2.12. The van der Waals surface area contributed by atoms with Crippen LogP contribution in [-0.4, -0.2) is 35.1 Å². The fraction of sp³-hybridized carbons (Fsp3) is 0.364. The number of carbonyl (C=O) groups is 2. The van der Waals surface area contributed by atoms with Crippen molar-refractivity contribution in [2.45, 2.75) is 44.2 Å². The second kappa shape index (κ2) is 12.1. The predicted molar refractivity (Wildman–Crippen MR) is 122 cm³/mol. The van der Waals surface area contributed by atoms with Crippen LogP contribution >= 0.6 is 35.0 Å². The van der Waals surface area contributed by atoms with Gasteiger partial charge in [0.15, 0.2) is 0 Å². The van der Waals surface area contributed by atoms with Crippen molar-refractivity contribution in [1.82, 2.24) is 10.2 Å². The molecule has 7 heteroatoms. The van der Waals surface area contributed by atoms with Crippen molar-refractivity contribution < 1.29 is 9.59 Å². The highest BCUT2D eigenvalue weighted by Crippen LogP contribution is 2.27. The molecule has 0 heterocycles.